The van der Waals surface area contributed by atoms with E-state index in [0.717, 1.165) is 5.57 Å². The van der Waals surface area contributed by atoms with Crippen LogP contribution in [0.25, 0.3) is 0 Å². The summed E-state index contributed by atoms with van der Waals surface area (Å²) in [4.78, 5) is 10.8. The molecule has 0 amide bonds. The lowest BCUT2D eigenvalue weighted by Crippen LogP contribution is -2.00. The topological polar surface area (TPSA) is 26.3 Å². The molecule has 0 aromatic carbocycles. The normalized spacial score (nSPS) is 10.7. The van der Waals surface area contributed by atoms with Crippen LogP contribution in [0.4, 0.5) is 0 Å². The van der Waals surface area contributed by atoms with Crippen molar-refractivity contribution in [1.82, 2.24) is 0 Å². The highest BCUT2D eigenvalue weighted by molar-refractivity contribution is 5.87. The van der Waals surface area contributed by atoms with Crippen molar-refractivity contribution in [2.45, 2.75) is 20.8 Å². The van der Waals surface area contributed by atoms with Crippen LogP contribution in [-0.4, -0.2) is 13.1 Å². The molecular weight excluding hydrogens is 140 g/mol. The van der Waals surface area contributed by atoms with E-state index in [1.54, 1.807) is 13.0 Å². The lowest BCUT2D eigenvalue weighted by molar-refractivity contribution is -0.136. The molecule has 0 aliphatic carbocycles. The first-order valence-corrected chi connectivity index (χ1v) is 3.48. The van der Waals surface area contributed by atoms with Crippen LogP contribution in [0, 0.1) is 0 Å². The third-order valence-electron chi connectivity index (χ3n) is 1.17. The molecule has 0 N–H and O–H groups in total. The lowest BCUT2D eigenvalue weighted by atomic mass is 10.2. The Kier molecular flexibility index (Phi) is 4.27. The average molecular weight is 154 g/mol. The molecule has 0 aliphatic heterocycles. The Morgan fingerprint density at radius 2 is 1.73 bits per heavy atom. The maximum absolute atomic E-state index is 10.8. The first-order valence-electron chi connectivity index (χ1n) is 3.48. The molecule has 0 fully saturated rings. The molecule has 0 aromatic rings. The van der Waals surface area contributed by atoms with Gasteiger partial charge in [0.2, 0.25) is 0 Å². The van der Waals surface area contributed by atoms with Crippen molar-refractivity contribution in [3.63, 3.8) is 0 Å². The SMILES string of the molecule is COC(=O)C(C)=CC=C(C)C. The summed E-state index contributed by atoms with van der Waals surface area (Å²) in [5.74, 6) is -0.275. The Hall–Kier alpha value is -1.05. The van der Waals surface area contributed by atoms with E-state index in [2.05, 4.69) is 4.74 Å². The van der Waals surface area contributed by atoms with E-state index in [4.69, 9.17) is 0 Å². The summed E-state index contributed by atoms with van der Waals surface area (Å²) in [5.41, 5.74) is 1.78. The maximum atomic E-state index is 10.8. The molecule has 0 bridgehead atoms. The number of methoxy groups -OCH3 is 1. The lowest BCUT2D eigenvalue weighted by Gasteiger charge is -1.95. The van der Waals surface area contributed by atoms with Gasteiger partial charge < -0.3 is 4.74 Å². The van der Waals surface area contributed by atoms with Gasteiger partial charge in [0.25, 0.3) is 0 Å². The highest BCUT2D eigenvalue weighted by Crippen LogP contribution is 1.98. The third kappa shape index (κ3) is 4.37. The van der Waals surface area contributed by atoms with Gasteiger partial charge in [-0.1, -0.05) is 17.7 Å². The van der Waals surface area contributed by atoms with E-state index in [1.165, 1.54) is 7.11 Å². The highest BCUT2D eigenvalue weighted by atomic mass is 16.5. The number of hydrogen-bond acceptors (Lipinski definition) is 2. The zero-order chi connectivity index (χ0) is 8.85. The zero-order valence-electron chi connectivity index (χ0n) is 7.47. The standard InChI is InChI=1S/C9H14O2/c1-7(2)5-6-8(3)9(10)11-4/h5-6H,1-4H3. The summed E-state index contributed by atoms with van der Waals surface area (Å²) in [6, 6.07) is 0. The fourth-order valence-electron chi connectivity index (χ4n) is 0.521. The number of hydrogen-bond donors (Lipinski definition) is 0. The van der Waals surface area contributed by atoms with Crippen molar-refractivity contribution < 1.29 is 9.53 Å². The van der Waals surface area contributed by atoms with Crippen LogP contribution in [0.3, 0.4) is 0 Å². The summed E-state index contributed by atoms with van der Waals surface area (Å²) in [7, 11) is 1.38. The van der Waals surface area contributed by atoms with Crippen LogP contribution >= 0.6 is 0 Å². The number of allylic oxidation sites excluding steroid dienone is 3. The van der Waals surface area contributed by atoms with Crippen LogP contribution in [-0.2, 0) is 9.53 Å². The second-order valence-electron chi connectivity index (χ2n) is 2.59. The first-order chi connectivity index (χ1) is 5.07. The van der Waals surface area contributed by atoms with Gasteiger partial charge >= 0.3 is 5.97 Å². The molecule has 2 heteroatoms. The predicted octanol–water partition coefficient (Wildman–Crippen LogP) is 2.07. The molecular formula is C9H14O2. The van der Waals surface area contributed by atoms with E-state index in [9.17, 15) is 4.79 Å². The zero-order valence-corrected chi connectivity index (χ0v) is 7.47. The number of carbonyl (C=O) groups is 1. The molecule has 0 spiro atoms. The second kappa shape index (κ2) is 4.72. The Morgan fingerprint density at radius 1 is 1.18 bits per heavy atom. The fourth-order valence-corrected chi connectivity index (χ4v) is 0.521. The smallest absolute Gasteiger partial charge is 0.333 e. The van der Waals surface area contributed by atoms with E-state index in [-0.39, 0.29) is 5.97 Å². The Morgan fingerprint density at radius 3 is 2.09 bits per heavy atom. The molecule has 2 nitrogen and oxygen atoms in total. The van der Waals surface area contributed by atoms with Gasteiger partial charge in [0.15, 0.2) is 0 Å². The van der Waals surface area contributed by atoms with Crippen LogP contribution in [0.5, 0.6) is 0 Å². The van der Waals surface area contributed by atoms with Gasteiger partial charge in [0.1, 0.15) is 0 Å². The van der Waals surface area contributed by atoms with Crippen LogP contribution < -0.4 is 0 Å². The van der Waals surface area contributed by atoms with Crippen molar-refractivity contribution in [2.24, 2.45) is 0 Å². The van der Waals surface area contributed by atoms with Gasteiger partial charge in [-0.3, -0.25) is 0 Å². The molecule has 0 saturated carbocycles. The molecule has 0 unspecified atom stereocenters. The quantitative estimate of drug-likeness (QED) is 0.346. The maximum Gasteiger partial charge on any atom is 0.333 e. The van der Waals surface area contributed by atoms with Crippen molar-refractivity contribution in [2.75, 3.05) is 7.11 Å². The molecule has 0 heterocycles. The van der Waals surface area contributed by atoms with Crippen LogP contribution in [0.1, 0.15) is 20.8 Å². The minimum Gasteiger partial charge on any atom is -0.466 e. The van der Waals surface area contributed by atoms with E-state index in [0.29, 0.717) is 5.57 Å². The van der Waals surface area contributed by atoms with Crippen molar-refractivity contribution in [1.29, 1.82) is 0 Å². The van der Waals surface area contributed by atoms with Gasteiger partial charge in [-0.2, -0.15) is 0 Å². The first kappa shape index (κ1) is 9.95. The summed E-state index contributed by atoms with van der Waals surface area (Å²) in [6.07, 6.45) is 3.63. The molecule has 11 heavy (non-hydrogen) atoms. The van der Waals surface area contributed by atoms with Crippen LogP contribution in [0.15, 0.2) is 23.3 Å². The highest BCUT2D eigenvalue weighted by Gasteiger charge is 1.99. The summed E-state index contributed by atoms with van der Waals surface area (Å²) >= 11 is 0. The fraction of sp³-hybridized carbons (Fsp3) is 0.444. The van der Waals surface area contributed by atoms with Crippen molar-refractivity contribution >= 4 is 5.97 Å². The Labute approximate surface area is 67.6 Å². The number of rotatable bonds is 2. The molecule has 0 rings (SSSR count). The monoisotopic (exact) mass is 154 g/mol. The minimum absolute atomic E-state index is 0.275. The van der Waals surface area contributed by atoms with Gasteiger partial charge in [-0.25, -0.2) is 4.79 Å². The molecule has 0 radical (unpaired) electrons. The largest absolute Gasteiger partial charge is 0.466 e. The molecule has 0 aliphatic rings. The van der Waals surface area contributed by atoms with Gasteiger partial charge in [-0.05, 0) is 20.8 Å². The van der Waals surface area contributed by atoms with E-state index >= 15 is 0 Å². The minimum atomic E-state index is -0.275. The van der Waals surface area contributed by atoms with Gasteiger partial charge in [-0.15, -0.1) is 0 Å². The molecule has 0 saturated heterocycles. The molecule has 0 atom stereocenters. The van der Waals surface area contributed by atoms with E-state index < -0.39 is 0 Å². The van der Waals surface area contributed by atoms with Gasteiger partial charge in [0.05, 0.1) is 7.11 Å². The van der Waals surface area contributed by atoms with Crippen molar-refractivity contribution in [3.05, 3.63) is 23.3 Å². The summed E-state index contributed by atoms with van der Waals surface area (Å²) in [5, 5.41) is 0. The molecule has 0 aromatic heterocycles. The second-order valence-corrected chi connectivity index (χ2v) is 2.59. The predicted molar refractivity (Wildman–Crippen MR) is 45.2 cm³/mol. The van der Waals surface area contributed by atoms with Gasteiger partial charge in [0, 0.05) is 5.57 Å². The average Bonchev–Trinajstić information content (AvgIpc) is 1.98. The third-order valence-corrected chi connectivity index (χ3v) is 1.17. The van der Waals surface area contributed by atoms with Crippen LogP contribution in [0.2, 0.25) is 0 Å². The number of carbonyl (C=O) groups excluding carboxylic acids is 1. The van der Waals surface area contributed by atoms with Crippen molar-refractivity contribution in [3.8, 4) is 0 Å². The molecule has 62 valence electrons. The Balaban J connectivity index is 4.23. The summed E-state index contributed by atoms with van der Waals surface area (Å²) < 4.78 is 4.51. The number of ether oxygens (including phenoxy) is 1. The summed E-state index contributed by atoms with van der Waals surface area (Å²) in [6.45, 7) is 5.67. The number of esters is 1. The van der Waals surface area contributed by atoms with E-state index in [1.807, 2.05) is 19.9 Å². The Bertz CT molecular complexity index is 196.